The van der Waals surface area contributed by atoms with Crippen molar-refractivity contribution in [3.05, 3.63) is 120 Å². The number of rotatable bonds is 11. The van der Waals surface area contributed by atoms with Gasteiger partial charge in [0, 0.05) is 43.5 Å². The number of hydrogen-bond acceptors (Lipinski definition) is 14. The number of non-ortho nitro benzene ring substituents is 3. The van der Waals surface area contributed by atoms with Gasteiger partial charge >= 0.3 is 17.9 Å². The molecule has 3 aromatic carbocycles. The van der Waals surface area contributed by atoms with E-state index in [0.29, 0.717) is 0 Å². The summed E-state index contributed by atoms with van der Waals surface area (Å²) in [6.07, 6.45) is -5.49. The van der Waals surface area contributed by atoms with Gasteiger partial charge in [-0.15, -0.1) is 0 Å². The minimum Gasteiger partial charge on any atom is -0.459 e. The summed E-state index contributed by atoms with van der Waals surface area (Å²) in [4.78, 5) is 69.4. The highest BCUT2D eigenvalue weighted by atomic mass is 16.7. The summed E-state index contributed by atoms with van der Waals surface area (Å²) < 4.78 is 27.4. The Balaban J connectivity index is 1.56. The molecule has 0 spiro atoms. The van der Waals surface area contributed by atoms with Gasteiger partial charge in [-0.25, -0.2) is 14.4 Å². The Morgan fingerprint density at radius 3 is 1.36 bits per heavy atom. The molecule has 228 valence electrons. The molecule has 0 unspecified atom stereocenters. The molecule has 3 aromatic rings. The van der Waals surface area contributed by atoms with E-state index in [1.54, 1.807) is 0 Å². The molecule has 17 nitrogen and oxygen atoms in total. The van der Waals surface area contributed by atoms with E-state index >= 15 is 0 Å². The molecule has 0 aromatic heterocycles. The maximum absolute atomic E-state index is 13.0. The van der Waals surface area contributed by atoms with Gasteiger partial charge in [0.15, 0.2) is 18.5 Å². The van der Waals surface area contributed by atoms with Gasteiger partial charge in [-0.3, -0.25) is 30.3 Å². The number of carbonyl (C=O) groups is 3. The summed E-state index contributed by atoms with van der Waals surface area (Å²) in [6, 6.07) is 13.5. The fourth-order valence-electron chi connectivity index (χ4n) is 4.07. The molecule has 1 saturated heterocycles. The van der Waals surface area contributed by atoms with Gasteiger partial charge < -0.3 is 23.7 Å². The molecule has 4 atom stereocenters. The lowest BCUT2D eigenvalue weighted by Crippen LogP contribution is -2.42. The topological polar surface area (TPSA) is 227 Å². The molecule has 1 heterocycles. The summed E-state index contributed by atoms with van der Waals surface area (Å²) in [5.41, 5.74) is -1.02. The van der Waals surface area contributed by atoms with Crippen LogP contribution in [0.25, 0.3) is 0 Å². The van der Waals surface area contributed by atoms with Crippen LogP contribution < -0.4 is 0 Å². The second-order valence-corrected chi connectivity index (χ2v) is 9.03. The third kappa shape index (κ3) is 7.15. The number of esters is 3. The number of nitrogens with zero attached hydrogens (tertiary/aromatic N) is 3. The number of hydrogen-bond donors (Lipinski definition) is 0. The quantitative estimate of drug-likeness (QED) is 0.131. The van der Waals surface area contributed by atoms with Crippen LogP contribution >= 0.6 is 0 Å². The van der Waals surface area contributed by atoms with Gasteiger partial charge in [0.2, 0.25) is 0 Å². The van der Waals surface area contributed by atoms with Crippen molar-refractivity contribution in [1.82, 2.24) is 0 Å². The summed E-state index contributed by atoms with van der Waals surface area (Å²) in [5.74, 6) is -2.87. The summed E-state index contributed by atoms with van der Waals surface area (Å²) in [5, 5.41) is 32.8. The average Bonchev–Trinajstić information content (AvgIpc) is 3.35. The standard InChI is InChI=1S/C27H21N3O14/c1-40-27-23(44-26(33)17-6-12-20(13-7-17)30(38)39)22(43-25(32)16-4-10-19(11-5-16)29(36)37)21(42-27)14-41-24(31)15-2-8-18(9-3-15)28(34)35/h2-13,21-23,27H,14H2,1H3/t21-,22-,23-,27-/m1/s1. The minimum atomic E-state index is -1.45. The predicted octanol–water partition coefficient (Wildman–Crippen LogP) is 3.39. The third-order valence-electron chi connectivity index (χ3n) is 6.31. The van der Waals surface area contributed by atoms with Crippen LogP contribution in [0, 0.1) is 30.3 Å². The Bertz CT molecular complexity index is 1570. The lowest BCUT2D eigenvalue weighted by atomic mass is 10.1. The minimum absolute atomic E-state index is 0.0301. The van der Waals surface area contributed by atoms with Gasteiger partial charge in [-0.2, -0.15) is 0 Å². The van der Waals surface area contributed by atoms with E-state index in [9.17, 15) is 44.7 Å². The SMILES string of the molecule is CO[C@@H]1O[C@H](COC(=O)c2ccc([N+](=O)[O-])cc2)[C@@H](OC(=O)c2ccc([N+](=O)[O-])cc2)[C@H]1OC(=O)c1ccc([N+](=O)[O-])cc1. The summed E-state index contributed by atoms with van der Waals surface area (Å²) >= 11 is 0. The van der Waals surface area contributed by atoms with Gasteiger partial charge in [-0.1, -0.05) is 0 Å². The fraction of sp³-hybridized carbons (Fsp3) is 0.222. The number of nitro groups is 3. The number of nitro benzene ring substituents is 3. The highest BCUT2D eigenvalue weighted by Gasteiger charge is 2.51. The van der Waals surface area contributed by atoms with E-state index < -0.39 is 63.9 Å². The zero-order chi connectivity index (χ0) is 32.0. The van der Waals surface area contributed by atoms with Crippen LogP contribution in [0.5, 0.6) is 0 Å². The van der Waals surface area contributed by atoms with E-state index in [1.807, 2.05) is 0 Å². The maximum Gasteiger partial charge on any atom is 0.338 e. The van der Waals surface area contributed by atoms with E-state index in [-0.39, 0.29) is 33.8 Å². The molecule has 0 saturated carbocycles. The molecule has 0 bridgehead atoms. The Labute approximate surface area is 246 Å². The maximum atomic E-state index is 13.0. The molecule has 1 aliphatic rings. The highest BCUT2D eigenvalue weighted by molar-refractivity contribution is 5.91. The number of ether oxygens (including phenoxy) is 5. The molecule has 44 heavy (non-hydrogen) atoms. The van der Waals surface area contributed by atoms with Crippen LogP contribution in [0.15, 0.2) is 72.8 Å². The third-order valence-corrected chi connectivity index (χ3v) is 6.31. The molecule has 1 aliphatic heterocycles. The molecule has 0 aliphatic carbocycles. The Morgan fingerprint density at radius 2 is 1.00 bits per heavy atom. The zero-order valence-corrected chi connectivity index (χ0v) is 22.5. The van der Waals surface area contributed by atoms with Crippen molar-refractivity contribution in [2.75, 3.05) is 13.7 Å². The van der Waals surface area contributed by atoms with Crippen molar-refractivity contribution < 1.29 is 52.8 Å². The molecule has 0 amide bonds. The average molecular weight is 611 g/mol. The monoisotopic (exact) mass is 611 g/mol. The van der Waals surface area contributed by atoms with Crippen molar-refractivity contribution in [2.45, 2.75) is 24.6 Å². The van der Waals surface area contributed by atoms with E-state index in [4.69, 9.17) is 23.7 Å². The Hall–Kier alpha value is -5.81. The van der Waals surface area contributed by atoms with Crippen LogP contribution in [-0.4, -0.2) is 71.0 Å². The lowest BCUT2D eigenvalue weighted by molar-refractivity contribution is -0.385. The molecule has 1 fully saturated rings. The number of methoxy groups -OCH3 is 1. The second-order valence-electron chi connectivity index (χ2n) is 9.03. The lowest BCUT2D eigenvalue weighted by Gasteiger charge is -2.24. The zero-order valence-electron chi connectivity index (χ0n) is 22.5. The van der Waals surface area contributed by atoms with Crippen molar-refractivity contribution in [2.24, 2.45) is 0 Å². The molecule has 0 N–H and O–H groups in total. The van der Waals surface area contributed by atoms with Crippen LogP contribution in [0.1, 0.15) is 31.1 Å². The van der Waals surface area contributed by atoms with E-state index in [0.717, 1.165) is 60.7 Å². The predicted molar refractivity (Wildman–Crippen MR) is 144 cm³/mol. The largest absolute Gasteiger partial charge is 0.459 e. The first-order valence-corrected chi connectivity index (χ1v) is 12.5. The van der Waals surface area contributed by atoms with Crippen LogP contribution in [0.2, 0.25) is 0 Å². The highest BCUT2D eigenvalue weighted by Crippen LogP contribution is 2.30. The van der Waals surface area contributed by atoms with Crippen molar-refractivity contribution in [3.63, 3.8) is 0 Å². The van der Waals surface area contributed by atoms with E-state index in [2.05, 4.69) is 0 Å². The first-order chi connectivity index (χ1) is 21.0. The first kappa shape index (κ1) is 31.1. The summed E-state index contributed by atoms with van der Waals surface area (Å²) in [6.45, 7) is -0.556. The van der Waals surface area contributed by atoms with Gasteiger partial charge in [0.05, 0.1) is 31.5 Å². The smallest absolute Gasteiger partial charge is 0.338 e. The molecular weight excluding hydrogens is 590 g/mol. The van der Waals surface area contributed by atoms with Gasteiger partial charge in [0.25, 0.3) is 17.1 Å². The van der Waals surface area contributed by atoms with E-state index in [1.165, 1.54) is 19.2 Å². The van der Waals surface area contributed by atoms with Gasteiger partial charge in [-0.05, 0) is 36.4 Å². The Kier molecular flexibility index (Phi) is 9.51. The normalized spacial score (nSPS) is 19.0. The first-order valence-electron chi connectivity index (χ1n) is 12.5. The van der Waals surface area contributed by atoms with Crippen molar-refractivity contribution in [3.8, 4) is 0 Å². The number of carbonyl (C=O) groups excluding carboxylic acids is 3. The molecule has 0 radical (unpaired) electrons. The van der Waals surface area contributed by atoms with Crippen LogP contribution in [0.4, 0.5) is 17.1 Å². The Morgan fingerprint density at radius 1 is 0.636 bits per heavy atom. The van der Waals surface area contributed by atoms with Crippen molar-refractivity contribution >= 4 is 35.0 Å². The van der Waals surface area contributed by atoms with Crippen LogP contribution in [-0.2, 0) is 23.7 Å². The molecule has 4 rings (SSSR count). The summed E-state index contributed by atoms with van der Waals surface area (Å²) in [7, 11) is 1.21. The van der Waals surface area contributed by atoms with Crippen molar-refractivity contribution in [1.29, 1.82) is 0 Å². The molecule has 17 heteroatoms. The van der Waals surface area contributed by atoms with Crippen LogP contribution in [0.3, 0.4) is 0 Å². The molecular formula is C27H21N3O14. The number of benzene rings is 3. The fourth-order valence-corrected chi connectivity index (χ4v) is 4.07. The second kappa shape index (κ2) is 13.4. The van der Waals surface area contributed by atoms with Gasteiger partial charge in [0.1, 0.15) is 12.7 Å².